The van der Waals surface area contributed by atoms with E-state index in [1.807, 2.05) is 18.9 Å². The lowest BCUT2D eigenvalue weighted by molar-refractivity contribution is -0.137. The SMILES string of the molecule is CCC(C)N(C)C(=O)C(C)C1CNC1. The van der Waals surface area contributed by atoms with E-state index in [1.54, 1.807) is 0 Å². The van der Waals surface area contributed by atoms with Crippen LogP contribution in [-0.4, -0.2) is 37.0 Å². The maximum absolute atomic E-state index is 12.0. The summed E-state index contributed by atoms with van der Waals surface area (Å²) >= 11 is 0. The van der Waals surface area contributed by atoms with Crippen molar-refractivity contribution in [2.45, 2.75) is 33.2 Å². The first-order valence-electron chi connectivity index (χ1n) is 5.55. The number of carbonyl (C=O) groups excluding carboxylic acids is 1. The molecule has 1 rings (SSSR count). The average molecular weight is 198 g/mol. The summed E-state index contributed by atoms with van der Waals surface area (Å²) in [6, 6.07) is 0.359. The molecule has 0 bridgehead atoms. The lowest BCUT2D eigenvalue weighted by Crippen LogP contribution is -2.51. The van der Waals surface area contributed by atoms with Crippen molar-refractivity contribution in [3.05, 3.63) is 0 Å². The molecule has 1 heterocycles. The summed E-state index contributed by atoms with van der Waals surface area (Å²) in [5, 5.41) is 3.21. The van der Waals surface area contributed by atoms with E-state index in [4.69, 9.17) is 0 Å². The van der Waals surface area contributed by atoms with Gasteiger partial charge in [-0.2, -0.15) is 0 Å². The van der Waals surface area contributed by atoms with Crippen molar-refractivity contribution in [3.63, 3.8) is 0 Å². The van der Waals surface area contributed by atoms with Crippen molar-refractivity contribution < 1.29 is 4.79 Å². The lowest BCUT2D eigenvalue weighted by Gasteiger charge is -2.35. The van der Waals surface area contributed by atoms with Crippen molar-refractivity contribution in [1.82, 2.24) is 10.2 Å². The van der Waals surface area contributed by atoms with Gasteiger partial charge in [-0.3, -0.25) is 4.79 Å². The molecule has 0 saturated carbocycles. The van der Waals surface area contributed by atoms with E-state index in [2.05, 4.69) is 19.2 Å². The monoisotopic (exact) mass is 198 g/mol. The maximum atomic E-state index is 12.0. The van der Waals surface area contributed by atoms with E-state index >= 15 is 0 Å². The van der Waals surface area contributed by atoms with Crippen LogP contribution >= 0.6 is 0 Å². The number of amides is 1. The average Bonchev–Trinajstić information content (AvgIpc) is 2.11. The Morgan fingerprint density at radius 2 is 2.07 bits per heavy atom. The predicted octanol–water partition coefficient (Wildman–Crippen LogP) is 1.10. The van der Waals surface area contributed by atoms with Gasteiger partial charge in [0, 0.05) is 19.0 Å². The number of hydrogen-bond acceptors (Lipinski definition) is 2. The van der Waals surface area contributed by atoms with Crippen LogP contribution in [-0.2, 0) is 4.79 Å². The van der Waals surface area contributed by atoms with E-state index in [0.29, 0.717) is 17.9 Å². The van der Waals surface area contributed by atoms with Crippen LogP contribution in [0.3, 0.4) is 0 Å². The molecular formula is C11H22N2O. The van der Waals surface area contributed by atoms with Gasteiger partial charge in [0.2, 0.25) is 5.91 Å². The first-order chi connectivity index (χ1) is 6.57. The molecule has 3 nitrogen and oxygen atoms in total. The molecule has 0 spiro atoms. The minimum absolute atomic E-state index is 0.176. The van der Waals surface area contributed by atoms with E-state index in [9.17, 15) is 4.79 Å². The van der Waals surface area contributed by atoms with Crippen molar-refractivity contribution in [2.24, 2.45) is 11.8 Å². The fourth-order valence-electron chi connectivity index (χ4n) is 1.68. The highest BCUT2D eigenvalue weighted by atomic mass is 16.2. The molecule has 0 aliphatic carbocycles. The van der Waals surface area contributed by atoms with Gasteiger partial charge in [0.25, 0.3) is 0 Å². The van der Waals surface area contributed by atoms with Gasteiger partial charge in [0.05, 0.1) is 0 Å². The first kappa shape index (κ1) is 11.5. The Labute approximate surface area is 86.9 Å². The van der Waals surface area contributed by atoms with Crippen molar-refractivity contribution in [3.8, 4) is 0 Å². The number of nitrogens with zero attached hydrogens (tertiary/aromatic N) is 1. The van der Waals surface area contributed by atoms with Gasteiger partial charge in [0.1, 0.15) is 0 Å². The Bertz CT molecular complexity index is 189. The third kappa shape index (κ3) is 2.27. The largest absolute Gasteiger partial charge is 0.343 e. The van der Waals surface area contributed by atoms with E-state index in [1.165, 1.54) is 0 Å². The molecule has 1 fully saturated rings. The number of nitrogens with one attached hydrogen (secondary N) is 1. The Balaban J connectivity index is 2.46. The molecule has 3 heteroatoms. The molecular weight excluding hydrogens is 176 g/mol. The maximum Gasteiger partial charge on any atom is 0.225 e. The Hall–Kier alpha value is -0.570. The third-order valence-corrected chi connectivity index (χ3v) is 3.51. The summed E-state index contributed by atoms with van der Waals surface area (Å²) in [6.07, 6.45) is 1.03. The van der Waals surface area contributed by atoms with Crippen LogP contribution < -0.4 is 5.32 Å². The van der Waals surface area contributed by atoms with Gasteiger partial charge in [-0.25, -0.2) is 0 Å². The molecule has 0 aromatic carbocycles. The highest BCUT2D eigenvalue weighted by molar-refractivity contribution is 5.79. The third-order valence-electron chi connectivity index (χ3n) is 3.51. The predicted molar refractivity (Wildman–Crippen MR) is 58.0 cm³/mol. The van der Waals surface area contributed by atoms with Crippen LogP contribution in [0, 0.1) is 11.8 Å². The zero-order valence-electron chi connectivity index (χ0n) is 9.71. The molecule has 1 aliphatic heterocycles. The second-order valence-corrected chi connectivity index (χ2v) is 4.41. The van der Waals surface area contributed by atoms with Crippen LogP contribution in [0.15, 0.2) is 0 Å². The Morgan fingerprint density at radius 1 is 1.50 bits per heavy atom. The summed E-state index contributed by atoms with van der Waals surface area (Å²) in [5.41, 5.74) is 0. The van der Waals surface area contributed by atoms with E-state index in [-0.39, 0.29) is 5.92 Å². The van der Waals surface area contributed by atoms with Gasteiger partial charge in [0.15, 0.2) is 0 Å². The minimum Gasteiger partial charge on any atom is -0.343 e. The Morgan fingerprint density at radius 3 is 2.43 bits per heavy atom. The molecule has 1 N–H and O–H groups in total. The fourth-order valence-corrected chi connectivity index (χ4v) is 1.68. The molecule has 1 aliphatic rings. The van der Waals surface area contributed by atoms with E-state index < -0.39 is 0 Å². The van der Waals surface area contributed by atoms with E-state index in [0.717, 1.165) is 19.5 Å². The Kier molecular flexibility index (Phi) is 3.93. The quantitative estimate of drug-likeness (QED) is 0.733. The second kappa shape index (κ2) is 4.78. The molecule has 0 radical (unpaired) electrons. The minimum atomic E-state index is 0.176. The van der Waals surface area contributed by atoms with Gasteiger partial charge in [-0.1, -0.05) is 13.8 Å². The first-order valence-corrected chi connectivity index (χ1v) is 5.55. The lowest BCUT2D eigenvalue weighted by atomic mass is 9.87. The highest BCUT2D eigenvalue weighted by Gasteiger charge is 2.31. The summed E-state index contributed by atoms with van der Waals surface area (Å²) in [5.74, 6) is 1.02. The summed E-state index contributed by atoms with van der Waals surface area (Å²) < 4.78 is 0. The topological polar surface area (TPSA) is 32.3 Å². The second-order valence-electron chi connectivity index (χ2n) is 4.41. The van der Waals surface area contributed by atoms with Gasteiger partial charge >= 0.3 is 0 Å². The summed E-state index contributed by atoms with van der Waals surface area (Å²) in [4.78, 5) is 13.9. The molecule has 82 valence electrons. The van der Waals surface area contributed by atoms with Crippen LogP contribution in [0.25, 0.3) is 0 Å². The van der Waals surface area contributed by atoms with Crippen molar-refractivity contribution in [1.29, 1.82) is 0 Å². The molecule has 1 saturated heterocycles. The van der Waals surface area contributed by atoms with Crippen LogP contribution in [0.2, 0.25) is 0 Å². The van der Waals surface area contributed by atoms with Gasteiger partial charge < -0.3 is 10.2 Å². The zero-order valence-corrected chi connectivity index (χ0v) is 9.71. The highest BCUT2D eigenvalue weighted by Crippen LogP contribution is 2.19. The fraction of sp³-hybridized carbons (Fsp3) is 0.909. The molecule has 0 aromatic heterocycles. The summed E-state index contributed by atoms with van der Waals surface area (Å²) in [7, 11) is 1.92. The molecule has 2 atom stereocenters. The van der Waals surface area contributed by atoms with Gasteiger partial charge in [-0.15, -0.1) is 0 Å². The molecule has 0 aromatic rings. The summed E-state index contributed by atoms with van der Waals surface area (Å²) in [6.45, 7) is 8.27. The zero-order chi connectivity index (χ0) is 10.7. The molecule has 2 unspecified atom stereocenters. The van der Waals surface area contributed by atoms with Crippen LogP contribution in [0.1, 0.15) is 27.2 Å². The number of hydrogen-bond donors (Lipinski definition) is 1. The van der Waals surface area contributed by atoms with Crippen LogP contribution in [0.5, 0.6) is 0 Å². The van der Waals surface area contributed by atoms with Crippen molar-refractivity contribution in [2.75, 3.05) is 20.1 Å². The molecule has 1 amide bonds. The van der Waals surface area contributed by atoms with Gasteiger partial charge in [-0.05, 0) is 32.4 Å². The molecule has 14 heavy (non-hydrogen) atoms. The van der Waals surface area contributed by atoms with Crippen LogP contribution in [0.4, 0.5) is 0 Å². The van der Waals surface area contributed by atoms with Crippen molar-refractivity contribution >= 4 is 5.91 Å². The smallest absolute Gasteiger partial charge is 0.225 e. The normalized spacial score (nSPS) is 21.1. The standard InChI is InChI=1S/C11H22N2O/c1-5-8(2)13(4)11(14)9(3)10-6-12-7-10/h8-10,12H,5-7H2,1-4H3. The number of rotatable bonds is 4. The number of carbonyl (C=O) groups is 1.